The standard InChI is InChI=1S/C25H29N/c1-4-11-21(12-5-1)19-23-15-10-16-24(20-26-17-8-3-9-18-26)25(23)22-13-6-2-7-14-22/h1-2,4-7,11-14,19H,3,8-10,15-18,20H2/b23-19-. The van der Waals surface area contributed by atoms with Crippen molar-refractivity contribution in [3.8, 4) is 0 Å². The Morgan fingerprint density at radius 2 is 1.42 bits per heavy atom. The zero-order valence-electron chi connectivity index (χ0n) is 15.7. The number of rotatable bonds is 4. The molecule has 2 aliphatic rings. The molecule has 2 aromatic rings. The van der Waals surface area contributed by atoms with E-state index in [4.69, 9.17) is 0 Å². The van der Waals surface area contributed by atoms with E-state index >= 15 is 0 Å². The van der Waals surface area contributed by atoms with E-state index in [1.807, 2.05) is 0 Å². The van der Waals surface area contributed by atoms with E-state index in [0.717, 1.165) is 6.54 Å². The van der Waals surface area contributed by atoms with Crippen molar-refractivity contribution < 1.29 is 0 Å². The fraction of sp³-hybridized carbons (Fsp3) is 0.360. The molecule has 0 saturated carbocycles. The highest BCUT2D eigenvalue weighted by molar-refractivity contribution is 5.87. The Bertz CT molecular complexity index is 764. The van der Waals surface area contributed by atoms with Crippen LogP contribution in [0.4, 0.5) is 0 Å². The molecule has 0 amide bonds. The van der Waals surface area contributed by atoms with Crippen LogP contribution in [0.3, 0.4) is 0 Å². The quantitative estimate of drug-likeness (QED) is 0.639. The van der Waals surface area contributed by atoms with Crippen molar-refractivity contribution >= 4 is 11.6 Å². The van der Waals surface area contributed by atoms with Crippen molar-refractivity contribution in [2.24, 2.45) is 0 Å². The van der Waals surface area contributed by atoms with Gasteiger partial charge in [-0.05, 0) is 73.0 Å². The number of likely N-dealkylation sites (tertiary alicyclic amines) is 1. The highest BCUT2D eigenvalue weighted by atomic mass is 15.1. The summed E-state index contributed by atoms with van der Waals surface area (Å²) in [6.45, 7) is 3.68. The molecule has 1 nitrogen and oxygen atoms in total. The number of allylic oxidation sites excluding steroid dienone is 2. The van der Waals surface area contributed by atoms with Crippen molar-refractivity contribution in [1.82, 2.24) is 4.90 Å². The molecule has 2 aromatic carbocycles. The average Bonchev–Trinajstić information content (AvgIpc) is 2.70. The van der Waals surface area contributed by atoms with Crippen LogP contribution in [-0.2, 0) is 0 Å². The van der Waals surface area contributed by atoms with Gasteiger partial charge in [0.2, 0.25) is 0 Å². The number of benzene rings is 2. The highest BCUT2D eigenvalue weighted by Gasteiger charge is 2.21. The van der Waals surface area contributed by atoms with Gasteiger partial charge in [0.05, 0.1) is 0 Å². The summed E-state index contributed by atoms with van der Waals surface area (Å²) in [5, 5.41) is 0. The number of hydrogen-bond donors (Lipinski definition) is 0. The summed E-state index contributed by atoms with van der Waals surface area (Å²) in [5.41, 5.74) is 7.38. The summed E-state index contributed by atoms with van der Waals surface area (Å²) in [4.78, 5) is 2.67. The summed E-state index contributed by atoms with van der Waals surface area (Å²) in [7, 11) is 0. The second-order valence-corrected chi connectivity index (χ2v) is 7.62. The van der Waals surface area contributed by atoms with Crippen LogP contribution in [-0.4, -0.2) is 24.5 Å². The molecule has 4 rings (SSSR count). The van der Waals surface area contributed by atoms with E-state index in [0.29, 0.717) is 0 Å². The predicted molar refractivity (Wildman–Crippen MR) is 112 cm³/mol. The molecule has 0 aromatic heterocycles. The molecular weight excluding hydrogens is 314 g/mol. The van der Waals surface area contributed by atoms with Crippen molar-refractivity contribution in [3.05, 3.63) is 82.9 Å². The van der Waals surface area contributed by atoms with Gasteiger partial charge in [-0.3, -0.25) is 4.90 Å². The maximum atomic E-state index is 2.67. The molecule has 26 heavy (non-hydrogen) atoms. The third-order valence-corrected chi connectivity index (χ3v) is 5.67. The maximum Gasteiger partial charge on any atom is 0.0202 e. The van der Waals surface area contributed by atoms with Crippen LogP contribution in [0.2, 0.25) is 0 Å². The topological polar surface area (TPSA) is 3.24 Å². The molecule has 1 fully saturated rings. The van der Waals surface area contributed by atoms with Gasteiger partial charge in [0, 0.05) is 6.54 Å². The maximum absolute atomic E-state index is 2.67. The van der Waals surface area contributed by atoms with Gasteiger partial charge < -0.3 is 0 Å². The predicted octanol–water partition coefficient (Wildman–Crippen LogP) is 6.19. The second-order valence-electron chi connectivity index (χ2n) is 7.62. The molecule has 1 heterocycles. The first-order valence-electron chi connectivity index (χ1n) is 10.2. The van der Waals surface area contributed by atoms with Gasteiger partial charge in [-0.1, -0.05) is 73.2 Å². The van der Waals surface area contributed by atoms with E-state index in [1.54, 1.807) is 5.57 Å². The SMILES string of the molecule is C(=C1\CCCC(CN2CCCCC2)=C1c1ccccc1)/c1ccccc1. The van der Waals surface area contributed by atoms with Gasteiger partial charge in [-0.25, -0.2) is 0 Å². The van der Waals surface area contributed by atoms with Gasteiger partial charge in [0.1, 0.15) is 0 Å². The molecule has 0 bridgehead atoms. The van der Waals surface area contributed by atoms with Crippen LogP contribution < -0.4 is 0 Å². The Kier molecular flexibility index (Phi) is 5.66. The average molecular weight is 344 g/mol. The van der Waals surface area contributed by atoms with Crippen LogP contribution in [0.15, 0.2) is 71.8 Å². The number of hydrogen-bond acceptors (Lipinski definition) is 1. The molecule has 0 atom stereocenters. The second kappa shape index (κ2) is 8.51. The van der Waals surface area contributed by atoms with Crippen LogP contribution in [0.1, 0.15) is 49.7 Å². The Morgan fingerprint density at radius 3 is 2.15 bits per heavy atom. The van der Waals surface area contributed by atoms with E-state index in [-0.39, 0.29) is 0 Å². The molecule has 134 valence electrons. The van der Waals surface area contributed by atoms with Gasteiger partial charge in [-0.15, -0.1) is 0 Å². The van der Waals surface area contributed by atoms with Crippen molar-refractivity contribution in [1.29, 1.82) is 0 Å². The van der Waals surface area contributed by atoms with E-state index < -0.39 is 0 Å². The van der Waals surface area contributed by atoms with Gasteiger partial charge in [0.15, 0.2) is 0 Å². The van der Waals surface area contributed by atoms with Gasteiger partial charge >= 0.3 is 0 Å². The van der Waals surface area contributed by atoms with Crippen LogP contribution >= 0.6 is 0 Å². The Labute approximate surface area is 158 Å². The fourth-order valence-corrected chi connectivity index (χ4v) is 4.40. The first kappa shape index (κ1) is 17.3. The summed E-state index contributed by atoms with van der Waals surface area (Å²) in [6.07, 6.45) is 10.2. The Morgan fingerprint density at radius 1 is 0.731 bits per heavy atom. The smallest absolute Gasteiger partial charge is 0.0202 e. The van der Waals surface area contributed by atoms with Crippen LogP contribution in [0, 0.1) is 0 Å². The lowest BCUT2D eigenvalue weighted by molar-refractivity contribution is 0.244. The first-order chi connectivity index (χ1) is 12.9. The third-order valence-electron chi connectivity index (χ3n) is 5.67. The molecule has 0 spiro atoms. The van der Waals surface area contributed by atoms with E-state index in [9.17, 15) is 0 Å². The summed E-state index contributed by atoms with van der Waals surface area (Å²) in [5.74, 6) is 0. The van der Waals surface area contributed by atoms with Crippen LogP contribution in [0.5, 0.6) is 0 Å². The van der Waals surface area contributed by atoms with Crippen molar-refractivity contribution in [2.45, 2.75) is 38.5 Å². The zero-order valence-corrected chi connectivity index (χ0v) is 15.7. The first-order valence-corrected chi connectivity index (χ1v) is 10.2. The third kappa shape index (κ3) is 4.16. The Balaban J connectivity index is 1.73. The normalized spacial score (nSPS) is 20.5. The largest absolute Gasteiger partial charge is 0.299 e. The molecule has 0 N–H and O–H groups in total. The van der Waals surface area contributed by atoms with Crippen molar-refractivity contribution in [3.63, 3.8) is 0 Å². The fourth-order valence-electron chi connectivity index (χ4n) is 4.40. The van der Waals surface area contributed by atoms with E-state index in [1.165, 1.54) is 73.9 Å². The number of nitrogens with zero attached hydrogens (tertiary/aromatic N) is 1. The van der Waals surface area contributed by atoms with Crippen LogP contribution in [0.25, 0.3) is 11.6 Å². The molecule has 0 unspecified atom stereocenters. The van der Waals surface area contributed by atoms with E-state index in [2.05, 4.69) is 71.6 Å². The lowest BCUT2D eigenvalue weighted by Crippen LogP contribution is -2.32. The highest BCUT2D eigenvalue weighted by Crippen LogP contribution is 2.38. The van der Waals surface area contributed by atoms with Gasteiger partial charge in [0.25, 0.3) is 0 Å². The minimum absolute atomic E-state index is 1.15. The monoisotopic (exact) mass is 343 g/mol. The lowest BCUT2D eigenvalue weighted by atomic mass is 9.82. The molecular formula is C25H29N. The van der Waals surface area contributed by atoms with Crippen molar-refractivity contribution in [2.75, 3.05) is 19.6 Å². The Hall–Kier alpha value is -2.12. The molecule has 0 radical (unpaired) electrons. The molecule has 1 heteroatoms. The minimum atomic E-state index is 1.15. The lowest BCUT2D eigenvalue weighted by Gasteiger charge is -2.31. The summed E-state index contributed by atoms with van der Waals surface area (Å²) < 4.78 is 0. The zero-order chi connectivity index (χ0) is 17.6. The molecule has 1 aliphatic heterocycles. The molecule has 1 aliphatic carbocycles. The molecule has 1 saturated heterocycles. The summed E-state index contributed by atoms with van der Waals surface area (Å²) >= 11 is 0. The summed E-state index contributed by atoms with van der Waals surface area (Å²) in [6, 6.07) is 21.8. The van der Waals surface area contributed by atoms with Gasteiger partial charge in [-0.2, -0.15) is 0 Å². The minimum Gasteiger partial charge on any atom is -0.299 e. The number of piperidine rings is 1.